The smallest absolute Gasteiger partial charge is 0.166 e. The molecule has 3 aliphatic rings. The van der Waals surface area contributed by atoms with E-state index in [1.165, 1.54) is 4.31 Å². The molecule has 110 valence electrons. The molecule has 2 atom stereocenters. The SMILES string of the molecule is CC1=C[C@@H](C)N2C1=C(C)C1=C(C)C=C(C)[C@@H](N1)S2(F)F. The summed E-state index contributed by atoms with van der Waals surface area (Å²) in [7, 11) is -3.95. The quantitative estimate of drug-likeness (QED) is 0.705. The first kappa shape index (κ1) is 13.7. The third kappa shape index (κ3) is 1.62. The predicted molar refractivity (Wildman–Crippen MR) is 80.9 cm³/mol. The highest BCUT2D eigenvalue weighted by Gasteiger charge is 2.50. The number of fused-ring (bicyclic) bond motifs is 3. The Bertz CT molecular complexity index is 613. The van der Waals surface area contributed by atoms with Gasteiger partial charge >= 0.3 is 0 Å². The Labute approximate surface area is 120 Å². The Morgan fingerprint density at radius 3 is 2.50 bits per heavy atom. The van der Waals surface area contributed by atoms with Crippen molar-refractivity contribution >= 4 is 11.0 Å². The zero-order valence-corrected chi connectivity index (χ0v) is 13.2. The van der Waals surface area contributed by atoms with Crippen LogP contribution in [0.25, 0.3) is 0 Å². The first-order chi connectivity index (χ1) is 9.25. The van der Waals surface area contributed by atoms with E-state index < -0.39 is 16.4 Å². The number of nitrogens with one attached hydrogen (secondary N) is 1. The highest BCUT2D eigenvalue weighted by atomic mass is 32.3. The van der Waals surface area contributed by atoms with Crippen LogP contribution in [0.5, 0.6) is 0 Å². The first-order valence-electron chi connectivity index (χ1n) is 6.81. The molecule has 2 nitrogen and oxygen atoms in total. The Hall–Kier alpha value is -1.23. The fourth-order valence-corrected chi connectivity index (χ4v) is 5.50. The first-order valence-corrected chi connectivity index (χ1v) is 8.27. The van der Waals surface area contributed by atoms with Gasteiger partial charge in [0.25, 0.3) is 0 Å². The summed E-state index contributed by atoms with van der Waals surface area (Å²) in [5.74, 6) is 0. The van der Waals surface area contributed by atoms with Gasteiger partial charge in [-0.05, 0) is 56.9 Å². The topological polar surface area (TPSA) is 15.3 Å². The number of rotatable bonds is 0. The second kappa shape index (κ2) is 4.13. The van der Waals surface area contributed by atoms with Gasteiger partial charge in [0, 0.05) is 5.70 Å². The molecule has 3 heterocycles. The van der Waals surface area contributed by atoms with Gasteiger partial charge in [-0.1, -0.05) is 12.2 Å². The molecule has 0 aromatic carbocycles. The lowest BCUT2D eigenvalue weighted by Gasteiger charge is -2.41. The lowest BCUT2D eigenvalue weighted by atomic mass is 10.00. The lowest BCUT2D eigenvalue weighted by Crippen LogP contribution is -2.39. The van der Waals surface area contributed by atoms with Crippen molar-refractivity contribution in [2.24, 2.45) is 0 Å². The van der Waals surface area contributed by atoms with Gasteiger partial charge in [-0.25, -0.2) is 0 Å². The number of halogens is 2. The minimum Gasteiger partial charge on any atom is -0.365 e. The maximum absolute atomic E-state index is 15.1. The molecule has 0 aromatic heterocycles. The van der Waals surface area contributed by atoms with E-state index in [-0.39, 0.29) is 6.04 Å². The van der Waals surface area contributed by atoms with Crippen LogP contribution in [0.15, 0.2) is 45.8 Å². The normalized spacial score (nSPS) is 33.2. The fraction of sp³-hybridized carbons (Fsp3) is 0.467. The molecule has 0 spiro atoms. The lowest BCUT2D eigenvalue weighted by molar-refractivity contribution is 0.468. The minimum absolute atomic E-state index is 0.250. The molecule has 0 unspecified atom stereocenters. The standard InChI is InChI=1S/C15H20F2N2S/c1-8-6-10(3)15-18-13(8)12(5)14-9(2)7-11(4)19(14)20(15,16)17/h6-7,11,15,18H,1-5H3/t11-,15+/m1/s1. The van der Waals surface area contributed by atoms with Crippen molar-refractivity contribution in [2.75, 3.05) is 0 Å². The molecule has 3 rings (SSSR count). The molecule has 0 fully saturated rings. The summed E-state index contributed by atoms with van der Waals surface area (Å²) in [5.41, 5.74) is 5.22. The van der Waals surface area contributed by atoms with E-state index in [9.17, 15) is 0 Å². The molecule has 0 radical (unpaired) electrons. The van der Waals surface area contributed by atoms with Crippen LogP contribution in [0.4, 0.5) is 7.77 Å². The van der Waals surface area contributed by atoms with Gasteiger partial charge < -0.3 is 5.32 Å². The van der Waals surface area contributed by atoms with Crippen LogP contribution in [-0.4, -0.2) is 15.7 Å². The van der Waals surface area contributed by atoms with Crippen LogP contribution in [0, 0.1) is 0 Å². The second-order valence-electron chi connectivity index (χ2n) is 5.84. The van der Waals surface area contributed by atoms with Gasteiger partial charge in [-0.2, -0.15) is 0 Å². The van der Waals surface area contributed by atoms with E-state index in [2.05, 4.69) is 5.32 Å². The Balaban J connectivity index is 2.30. The highest BCUT2D eigenvalue weighted by molar-refractivity contribution is 8.24. The van der Waals surface area contributed by atoms with E-state index in [1.807, 2.05) is 39.8 Å². The van der Waals surface area contributed by atoms with Crippen LogP contribution in [-0.2, 0) is 0 Å². The molecular weight excluding hydrogens is 278 g/mol. The van der Waals surface area contributed by atoms with Crippen molar-refractivity contribution in [3.63, 3.8) is 0 Å². The van der Waals surface area contributed by atoms with E-state index in [1.54, 1.807) is 6.92 Å². The summed E-state index contributed by atoms with van der Waals surface area (Å²) in [4.78, 5) is 0. The summed E-state index contributed by atoms with van der Waals surface area (Å²) in [6, 6.07) is -0.250. The van der Waals surface area contributed by atoms with Crippen molar-refractivity contribution in [1.82, 2.24) is 9.62 Å². The summed E-state index contributed by atoms with van der Waals surface area (Å²) < 4.78 is 31.5. The zero-order valence-electron chi connectivity index (χ0n) is 12.4. The molecule has 0 saturated heterocycles. The molecule has 20 heavy (non-hydrogen) atoms. The largest absolute Gasteiger partial charge is 0.365 e. The Kier molecular flexibility index (Phi) is 2.84. The summed E-state index contributed by atoms with van der Waals surface area (Å²) in [6.07, 6.45) is 3.84. The average Bonchev–Trinajstić information content (AvgIpc) is 2.59. The van der Waals surface area contributed by atoms with Crippen LogP contribution >= 0.6 is 11.0 Å². The number of hydrogen-bond donors (Lipinski definition) is 1. The van der Waals surface area contributed by atoms with Crippen molar-refractivity contribution in [2.45, 2.75) is 46.0 Å². The van der Waals surface area contributed by atoms with Gasteiger partial charge in [0.1, 0.15) is 0 Å². The molecule has 2 bridgehead atoms. The molecule has 1 N–H and O–H groups in total. The van der Waals surface area contributed by atoms with Crippen molar-refractivity contribution in [3.05, 3.63) is 45.8 Å². The predicted octanol–water partition coefficient (Wildman–Crippen LogP) is 4.56. The summed E-state index contributed by atoms with van der Waals surface area (Å²) >= 11 is 0. The van der Waals surface area contributed by atoms with Crippen molar-refractivity contribution in [1.29, 1.82) is 0 Å². The molecule has 0 aromatic rings. The second-order valence-corrected chi connectivity index (χ2v) is 7.66. The molecule has 0 aliphatic carbocycles. The van der Waals surface area contributed by atoms with Crippen LogP contribution in [0.1, 0.15) is 34.6 Å². The molecule has 0 amide bonds. The van der Waals surface area contributed by atoms with E-state index in [0.29, 0.717) is 5.70 Å². The van der Waals surface area contributed by atoms with Crippen molar-refractivity contribution in [3.8, 4) is 0 Å². The fourth-order valence-electron chi connectivity index (χ4n) is 3.47. The van der Waals surface area contributed by atoms with Crippen LogP contribution < -0.4 is 5.32 Å². The Morgan fingerprint density at radius 2 is 1.85 bits per heavy atom. The van der Waals surface area contributed by atoms with Gasteiger partial charge in [0.15, 0.2) is 16.4 Å². The monoisotopic (exact) mass is 298 g/mol. The van der Waals surface area contributed by atoms with E-state index in [4.69, 9.17) is 0 Å². The number of nitrogens with zero attached hydrogens (tertiary/aromatic N) is 1. The van der Waals surface area contributed by atoms with Crippen LogP contribution in [0.2, 0.25) is 0 Å². The van der Waals surface area contributed by atoms with E-state index >= 15 is 7.77 Å². The third-order valence-electron chi connectivity index (χ3n) is 4.26. The van der Waals surface area contributed by atoms with Crippen molar-refractivity contribution < 1.29 is 7.77 Å². The summed E-state index contributed by atoms with van der Waals surface area (Å²) in [6.45, 7) is 9.49. The van der Waals surface area contributed by atoms with Gasteiger partial charge in [-0.3, -0.25) is 4.31 Å². The number of hydrogen-bond acceptors (Lipinski definition) is 2. The molecule has 3 aliphatic heterocycles. The third-order valence-corrected chi connectivity index (χ3v) is 6.35. The molecule has 0 saturated carbocycles. The maximum Gasteiger partial charge on any atom is 0.166 e. The van der Waals surface area contributed by atoms with Gasteiger partial charge in [0.05, 0.1) is 11.7 Å². The minimum atomic E-state index is -3.95. The van der Waals surface area contributed by atoms with Crippen LogP contribution in [0.3, 0.4) is 0 Å². The number of dihydropyridines is 1. The average molecular weight is 298 g/mol. The van der Waals surface area contributed by atoms with Gasteiger partial charge in [-0.15, -0.1) is 7.77 Å². The number of allylic oxidation sites excluding steroid dienone is 4. The van der Waals surface area contributed by atoms with E-state index in [0.717, 1.165) is 28.0 Å². The zero-order chi connectivity index (χ0) is 14.8. The Morgan fingerprint density at radius 1 is 1.20 bits per heavy atom. The maximum atomic E-state index is 15.1. The molecule has 5 heteroatoms. The summed E-state index contributed by atoms with van der Waals surface area (Å²) in [5, 5.41) is 2.22. The van der Waals surface area contributed by atoms with Gasteiger partial charge in [0.2, 0.25) is 0 Å². The highest BCUT2D eigenvalue weighted by Crippen LogP contribution is 2.67. The molecular formula is C15H20F2N2S.